The van der Waals surface area contributed by atoms with Crippen molar-refractivity contribution in [1.29, 1.82) is 0 Å². The van der Waals surface area contributed by atoms with Gasteiger partial charge in [-0.15, -0.1) is 11.8 Å². The van der Waals surface area contributed by atoms with Crippen LogP contribution in [0.2, 0.25) is 0 Å². The maximum Gasteiger partial charge on any atom is 0.0960 e. The summed E-state index contributed by atoms with van der Waals surface area (Å²) < 4.78 is 0. The molecule has 2 unspecified atom stereocenters. The van der Waals surface area contributed by atoms with Crippen molar-refractivity contribution in [2.45, 2.75) is 38.3 Å². The average Bonchev–Trinajstić information content (AvgIpc) is 2.34. The van der Waals surface area contributed by atoms with Crippen molar-refractivity contribution in [3.63, 3.8) is 0 Å². The SMILES string of the molecule is CCNC(CSc1ccccn1)C(C)CC. The molecule has 16 heavy (non-hydrogen) atoms. The highest BCUT2D eigenvalue weighted by Crippen LogP contribution is 2.19. The minimum Gasteiger partial charge on any atom is -0.313 e. The van der Waals surface area contributed by atoms with Crippen LogP contribution in [-0.4, -0.2) is 23.3 Å². The molecule has 0 aliphatic carbocycles. The van der Waals surface area contributed by atoms with E-state index in [0.717, 1.165) is 23.2 Å². The summed E-state index contributed by atoms with van der Waals surface area (Å²) in [4.78, 5) is 4.33. The predicted molar refractivity (Wildman–Crippen MR) is 71.9 cm³/mol. The monoisotopic (exact) mass is 238 g/mol. The fourth-order valence-electron chi connectivity index (χ4n) is 1.58. The third-order valence-electron chi connectivity index (χ3n) is 2.85. The Morgan fingerprint density at radius 1 is 1.38 bits per heavy atom. The second-order valence-corrected chi connectivity index (χ2v) is 5.07. The molecule has 0 saturated heterocycles. The maximum absolute atomic E-state index is 4.33. The molecular formula is C13H22N2S. The zero-order chi connectivity index (χ0) is 11.8. The predicted octanol–water partition coefficient (Wildman–Crippen LogP) is 3.20. The molecule has 0 amide bonds. The van der Waals surface area contributed by atoms with E-state index < -0.39 is 0 Å². The highest BCUT2D eigenvalue weighted by molar-refractivity contribution is 7.99. The van der Waals surface area contributed by atoms with Gasteiger partial charge >= 0.3 is 0 Å². The third kappa shape index (κ3) is 4.54. The Morgan fingerprint density at radius 3 is 2.75 bits per heavy atom. The van der Waals surface area contributed by atoms with E-state index >= 15 is 0 Å². The molecule has 1 heterocycles. The van der Waals surface area contributed by atoms with Gasteiger partial charge in [-0.1, -0.05) is 33.3 Å². The second-order valence-electron chi connectivity index (χ2n) is 4.03. The number of rotatable bonds is 7. The number of nitrogens with zero attached hydrogens (tertiary/aromatic N) is 1. The molecule has 0 fully saturated rings. The van der Waals surface area contributed by atoms with Crippen LogP contribution in [0.5, 0.6) is 0 Å². The van der Waals surface area contributed by atoms with Gasteiger partial charge in [0.05, 0.1) is 5.03 Å². The van der Waals surface area contributed by atoms with E-state index in [4.69, 9.17) is 0 Å². The van der Waals surface area contributed by atoms with Crippen LogP contribution in [0.15, 0.2) is 29.4 Å². The molecule has 0 aliphatic rings. The van der Waals surface area contributed by atoms with Crippen LogP contribution in [0, 0.1) is 5.92 Å². The summed E-state index contributed by atoms with van der Waals surface area (Å²) in [5, 5.41) is 4.67. The molecule has 0 spiro atoms. The van der Waals surface area contributed by atoms with Crippen molar-refractivity contribution in [1.82, 2.24) is 10.3 Å². The van der Waals surface area contributed by atoms with Crippen LogP contribution in [0.25, 0.3) is 0 Å². The number of nitrogens with one attached hydrogen (secondary N) is 1. The number of hydrogen-bond donors (Lipinski definition) is 1. The van der Waals surface area contributed by atoms with Crippen molar-refractivity contribution in [3.8, 4) is 0 Å². The lowest BCUT2D eigenvalue weighted by Gasteiger charge is -2.23. The lowest BCUT2D eigenvalue weighted by atomic mass is 10.0. The fraction of sp³-hybridized carbons (Fsp3) is 0.615. The highest BCUT2D eigenvalue weighted by Gasteiger charge is 2.14. The van der Waals surface area contributed by atoms with E-state index in [2.05, 4.69) is 37.1 Å². The van der Waals surface area contributed by atoms with Gasteiger partial charge in [0.2, 0.25) is 0 Å². The Morgan fingerprint density at radius 2 is 2.19 bits per heavy atom. The molecule has 0 saturated carbocycles. The molecule has 3 heteroatoms. The zero-order valence-corrected chi connectivity index (χ0v) is 11.3. The first-order valence-electron chi connectivity index (χ1n) is 6.05. The lowest BCUT2D eigenvalue weighted by molar-refractivity contribution is 0.404. The zero-order valence-electron chi connectivity index (χ0n) is 10.4. The Balaban J connectivity index is 2.43. The molecule has 0 aromatic carbocycles. The van der Waals surface area contributed by atoms with Crippen LogP contribution in [-0.2, 0) is 0 Å². The first-order chi connectivity index (χ1) is 7.77. The van der Waals surface area contributed by atoms with Gasteiger partial charge in [-0.25, -0.2) is 4.98 Å². The van der Waals surface area contributed by atoms with Gasteiger partial charge in [0.25, 0.3) is 0 Å². The number of hydrogen-bond acceptors (Lipinski definition) is 3. The average molecular weight is 238 g/mol. The van der Waals surface area contributed by atoms with Gasteiger partial charge in [0, 0.05) is 18.0 Å². The van der Waals surface area contributed by atoms with E-state index in [1.165, 1.54) is 6.42 Å². The first kappa shape index (κ1) is 13.5. The minimum atomic E-state index is 0.585. The topological polar surface area (TPSA) is 24.9 Å². The molecular weight excluding hydrogens is 216 g/mol. The molecule has 1 aromatic rings. The quantitative estimate of drug-likeness (QED) is 0.738. The summed E-state index contributed by atoms with van der Waals surface area (Å²) in [6, 6.07) is 6.66. The molecule has 1 rings (SSSR count). The Labute approximate surface area is 103 Å². The van der Waals surface area contributed by atoms with Gasteiger partial charge in [0.1, 0.15) is 0 Å². The lowest BCUT2D eigenvalue weighted by Crippen LogP contribution is -2.36. The second kappa shape index (κ2) is 7.69. The van der Waals surface area contributed by atoms with Crippen molar-refractivity contribution < 1.29 is 0 Å². The minimum absolute atomic E-state index is 0.585. The number of aromatic nitrogens is 1. The molecule has 0 aliphatic heterocycles. The Kier molecular flexibility index (Phi) is 6.50. The molecule has 1 aromatic heterocycles. The van der Waals surface area contributed by atoms with Crippen molar-refractivity contribution in [2.75, 3.05) is 12.3 Å². The van der Waals surface area contributed by atoms with E-state index in [1.54, 1.807) is 0 Å². The fourth-order valence-corrected chi connectivity index (χ4v) is 2.69. The van der Waals surface area contributed by atoms with Gasteiger partial charge in [-0.3, -0.25) is 0 Å². The van der Waals surface area contributed by atoms with E-state index in [1.807, 2.05) is 30.1 Å². The highest BCUT2D eigenvalue weighted by atomic mass is 32.2. The van der Waals surface area contributed by atoms with E-state index in [-0.39, 0.29) is 0 Å². The standard InChI is InChI=1S/C13H22N2S/c1-4-11(3)12(14-5-2)10-16-13-8-6-7-9-15-13/h6-9,11-12,14H,4-5,10H2,1-3H3. The van der Waals surface area contributed by atoms with Gasteiger partial charge < -0.3 is 5.32 Å². The maximum atomic E-state index is 4.33. The molecule has 1 N–H and O–H groups in total. The summed E-state index contributed by atoms with van der Waals surface area (Å²) >= 11 is 1.84. The van der Waals surface area contributed by atoms with Crippen molar-refractivity contribution in [2.24, 2.45) is 5.92 Å². The van der Waals surface area contributed by atoms with E-state index in [0.29, 0.717) is 6.04 Å². The first-order valence-corrected chi connectivity index (χ1v) is 7.03. The van der Waals surface area contributed by atoms with Gasteiger partial charge in [-0.05, 0) is 24.6 Å². The Bertz CT molecular complexity index is 277. The van der Waals surface area contributed by atoms with Gasteiger partial charge in [-0.2, -0.15) is 0 Å². The Hall–Kier alpha value is -0.540. The largest absolute Gasteiger partial charge is 0.313 e. The summed E-state index contributed by atoms with van der Waals surface area (Å²) in [7, 11) is 0. The van der Waals surface area contributed by atoms with Crippen LogP contribution in [0.1, 0.15) is 27.2 Å². The molecule has 0 bridgehead atoms. The molecule has 2 atom stereocenters. The summed E-state index contributed by atoms with van der Waals surface area (Å²) in [6.07, 6.45) is 3.08. The molecule has 90 valence electrons. The number of thioether (sulfide) groups is 1. The van der Waals surface area contributed by atoms with E-state index in [9.17, 15) is 0 Å². The van der Waals surface area contributed by atoms with Crippen LogP contribution < -0.4 is 5.32 Å². The van der Waals surface area contributed by atoms with Crippen molar-refractivity contribution >= 4 is 11.8 Å². The normalized spacial score (nSPS) is 14.7. The van der Waals surface area contributed by atoms with Crippen LogP contribution in [0.3, 0.4) is 0 Å². The molecule has 2 nitrogen and oxygen atoms in total. The van der Waals surface area contributed by atoms with Crippen LogP contribution >= 0.6 is 11.8 Å². The summed E-state index contributed by atoms with van der Waals surface area (Å²) in [6.45, 7) is 7.77. The number of pyridine rings is 1. The third-order valence-corrected chi connectivity index (χ3v) is 3.91. The van der Waals surface area contributed by atoms with Crippen LogP contribution in [0.4, 0.5) is 0 Å². The molecule has 0 radical (unpaired) electrons. The summed E-state index contributed by atoms with van der Waals surface area (Å²) in [5.74, 6) is 1.82. The summed E-state index contributed by atoms with van der Waals surface area (Å²) in [5.41, 5.74) is 0. The van der Waals surface area contributed by atoms with Gasteiger partial charge in [0.15, 0.2) is 0 Å². The van der Waals surface area contributed by atoms with Crippen molar-refractivity contribution in [3.05, 3.63) is 24.4 Å². The smallest absolute Gasteiger partial charge is 0.0960 e.